The van der Waals surface area contributed by atoms with Crippen molar-refractivity contribution in [2.24, 2.45) is 5.14 Å². The molecule has 0 spiro atoms. The molecule has 0 amide bonds. The molecule has 0 aliphatic carbocycles. The number of nitrogens with zero attached hydrogens (tertiary/aromatic N) is 1. The van der Waals surface area contributed by atoms with Gasteiger partial charge in [0.2, 0.25) is 10.0 Å². The Kier molecular flexibility index (Phi) is 4.31. The Morgan fingerprint density at radius 2 is 2.16 bits per heavy atom. The van der Waals surface area contributed by atoms with Crippen molar-refractivity contribution in [1.29, 1.82) is 0 Å². The molecular formula is C12H15N3O2S2. The molecule has 19 heavy (non-hydrogen) atoms. The average Bonchev–Trinajstić information content (AvgIpc) is 2.74. The fraction of sp³-hybridized carbons (Fsp3) is 0.250. The fourth-order valence-corrected chi connectivity index (χ4v) is 3.00. The first-order valence-electron chi connectivity index (χ1n) is 5.69. The number of rotatable bonds is 5. The molecule has 0 aliphatic heterocycles. The molecule has 0 bridgehead atoms. The average molecular weight is 297 g/mol. The minimum absolute atomic E-state index is 0.139. The lowest BCUT2D eigenvalue weighted by Gasteiger charge is -2.05. The number of aryl methyl sites for hydroxylation is 1. The summed E-state index contributed by atoms with van der Waals surface area (Å²) in [6.45, 7) is 3.26. The van der Waals surface area contributed by atoms with Gasteiger partial charge in [0.05, 0.1) is 9.90 Å². The predicted octanol–water partition coefficient (Wildman–Crippen LogP) is 1.39. The number of benzene rings is 1. The second-order valence-corrected chi connectivity index (χ2v) is 7.02. The van der Waals surface area contributed by atoms with Crippen LogP contribution in [0.25, 0.3) is 0 Å². The van der Waals surface area contributed by atoms with Crippen LogP contribution >= 0.6 is 11.3 Å². The second-order valence-electron chi connectivity index (χ2n) is 4.14. The molecule has 3 N–H and O–H groups in total. The van der Waals surface area contributed by atoms with Gasteiger partial charge in [0.1, 0.15) is 0 Å². The number of nitrogens with one attached hydrogen (secondary N) is 1. The number of hydrogen-bond acceptors (Lipinski definition) is 5. The van der Waals surface area contributed by atoms with Gasteiger partial charge in [0.15, 0.2) is 0 Å². The summed E-state index contributed by atoms with van der Waals surface area (Å²) < 4.78 is 22.5. The van der Waals surface area contributed by atoms with Crippen LogP contribution in [0, 0.1) is 6.92 Å². The SMILES string of the molecule is Cc1ncc(CNCc2cccc(S(N)(=O)=O)c2)s1. The third-order valence-corrected chi connectivity index (χ3v) is 4.35. The van der Waals surface area contributed by atoms with E-state index in [-0.39, 0.29) is 4.90 Å². The van der Waals surface area contributed by atoms with Gasteiger partial charge in [-0.2, -0.15) is 0 Å². The number of hydrogen-bond donors (Lipinski definition) is 2. The summed E-state index contributed by atoms with van der Waals surface area (Å²) in [7, 11) is -3.63. The maximum absolute atomic E-state index is 11.2. The minimum atomic E-state index is -3.63. The maximum Gasteiger partial charge on any atom is 0.238 e. The summed E-state index contributed by atoms with van der Waals surface area (Å²) >= 11 is 1.64. The zero-order valence-corrected chi connectivity index (χ0v) is 12.1. The van der Waals surface area contributed by atoms with Gasteiger partial charge in [0.25, 0.3) is 0 Å². The van der Waals surface area contributed by atoms with E-state index in [4.69, 9.17) is 5.14 Å². The van der Waals surface area contributed by atoms with Crippen molar-refractivity contribution in [3.05, 3.63) is 45.9 Å². The molecule has 0 aliphatic rings. The summed E-state index contributed by atoms with van der Waals surface area (Å²) in [6, 6.07) is 6.62. The van der Waals surface area contributed by atoms with Crippen LogP contribution in [0.15, 0.2) is 35.4 Å². The van der Waals surface area contributed by atoms with Gasteiger partial charge in [-0.05, 0) is 24.6 Å². The van der Waals surface area contributed by atoms with Gasteiger partial charge in [-0.3, -0.25) is 0 Å². The Bertz CT molecular complexity index is 665. The lowest BCUT2D eigenvalue weighted by Crippen LogP contribution is -2.14. The maximum atomic E-state index is 11.2. The normalized spacial score (nSPS) is 11.7. The van der Waals surface area contributed by atoms with Crippen LogP contribution in [-0.4, -0.2) is 13.4 Å². The van der Waals surface area contributed by atoms with Crippen LogP contribution in [0.1, 0.15) is 15.4 Å². The van der Waals surface area contributed by atoms with Crippen LogP contribution in [0.5, 0.6) is 0 Å². The lowest BCUT2D eigenvalue weighted by molar-refractivity contribution is 0.597. The quantitative estimate of drug-likeness (QED) is 0.873. The molecule has 2 rings (SSSR count). The summed E-state index contributed by atoms with van der Waals surface area (Å²) in [5, 5.41) is 9.37. The largest absolute Gasteiger partial charge is 0.308 e. The van der Waals surface area contributed by atoms with E-state index in [0.717, 1.165) is 15.4 Å². The minimum Gasteiger partial charge on any atom is -0.308 e. The molecular weight excluding hydrogens is 282 g/mol. The third kappa shape index (κ3) is 4.10. The zero-order chi connectivity index (χ0) is 13.9. The van der Waals surface area contributed by atoms with Crippen molar-refractivity contribution < 1.29 is 8.42 Å². The summed E-state index contributed by atoms with van der Waals surface area (Å²) in [6.07, 6.45) is 1.84. The van der Waals surface area contributed by atoms with E-state index >= 15 is 0 Å². The van der Waals surface area contributed by atoms with Crippen LogP contribution in [0.4, 0.5) is 0 Å². The van der Waals surface area contributed by atoms with Crippen molar-refractivity contribution in [2.75, 3.05) is 0 Å². The van der Waals surface area contributed by atoms with Gasteiger partial charge in [0, 0.05) is 24.2 Å². The molecule has 0 radical (unpaired) electrons. The first kappa shape index (κ1) is 14.1. The molecule has 1 aromatic carbocycles. The van der Waals surface area contributed by atoms with Crippen molar-refractivity contribution in [2.45, 2.75) is 24.9 Å². The van der Waals surface area contributed by atoms with E-state index in [1.165, 1.54) is 6.07 Å². The topological polar surface area (TPSA) is 85.1 Å². The van der Waals surface area contributed by atoms with Gasteiger partial charge in [-0.15, -0.1) is 11.3 Å². The van der Waals surface area contributed by atoms with Crippen molar-refractivity contribution in [1.82, 2.24) is 10.3 Å². The lowest BCUT2D eigenvalue weighted by atomic mass is 10.2. The molecule has 0 unspecified atom stereocenters. The molecule has 5 nitrogen and oxygen atoms in total. The van der Waals surface area contributed by atoms with Gasteiger partial charge in [-0.1, -0.05) is 12.1 Å². The van der Waals surface area contributed by atoms with Crippen molar-refractivity contribution in [3.63, 3.8) is 0 Å². The molecule has 7 heteroatoms. The van der Waals surface area contributed by atoms with Crippen LogP contribution in [-0.2, 0) is 23.1 Å². The number of aromatic nitrogens is 1. The van der Waals surface area contributed by atoms with Gasteiger partial charge >= 0.3 is 0 Å². The molecule has 0 saturated carbocycles. The molecule has 0 saturated heterocycles. The van der Waals surface area contributed by atoms with Crippen LogP contribution in [0.3, 0.4) is 0 Å². The monoisotopic (exact) mass is 297 g/mol. The number of sulfonamides is 1. The predicted molar refractivity (Wildman–Crippen MR) is 75.2 cm³/mol. The Balaban J connectivity index is 1.96. The van der Waals surface area contributed by atoms with E-state index in [1.54, 1.807) is 23.5 Å². The van der Waals surface area contributed by atoms with E-state index < -0.39 is 10.0 Å². The van der Waals surface area contributed by atoms with Gasteiger partial charge in [-0.25, -0.2) is 18.5 Å². The first-order valence-corrected chi connectivity index (χ1v) is 8.05. The standard InChI is InChI=1S/C12H15N3O2S2/c1-9-15-8-11(18-9)7-14-6-10-3-2-4-12(5-10)19(13,16)17/h2-5,8,14H,6-7H2,1H3,(H2,13,16,17). The highest BCUT2D eigenvalue weighted by atomic mass is 32.2. The van der Waals surface area contributed by atoms with Crippen LogP contribution < -0.4 is 10.5 Å². The zero-order valence-electron chi connectivity index (χ0n) is 10.5. The smallest absolute Gasteiger partial charge is 0.238 e. The first-order chi connectivity index (χ1) is 8.95. The summed E-state index contributed by atoms with van der Waals surface area (Å²) in [5.74, 6) is 0. The van der Waals surface area contributed by atoms with Gasteiger partial charge < -0.3 is 5.32 Å². The van der Waals surface area contributed by atoms with Crippen LogP contribution in [0.2, 0.25) is 0 Å². The van der Waals surface area contributed by atoms with E-state index in [9.17, 15) is 8.42 Å². The Hall–Kier alpha value is -1.28. The number of primary sulfonamides is 1. The Morgan fingerprint density at radius 1 is 1.37 bits per heavy atom. The second kappa shape index (κ2) is 5.79. The fourth-order valence-electron chi connectivity index (χ4n) is 1.65. The van der Waals surface area contributed by atoms with Crippen molar-refractivity contribution >= 4 is 21.4 Å². The molecule has 0 atom stereocenters. The van der Waals surface area contributed by atoms with Crippen molar-refractivity contribution in [3.8, 4) is 0 Å². The third-order valence-electron chi connectivity index (χ3n) is 2.52. The molecule has 2 aromatic rings. The highest BCUT2D eigenvalue weighted by Gasteiger charge is 2.07. The summed E-state index contributed by atoms with van der Waals surface area (Å²) in [5.41, 5.74) is 0.882. The Labute approximate surface area is 116 Å². The molecule has 1 aromatic heterocycles. The highest BCUT2D eigenvalue weighted by Crippen LogP contribution is 2.12. The molecule has 102 valence electrons. The molecule has 0 fully saturated rings. The summed E-state index contributed by atoms with van der Waals surface area (Å²) in [4.78, 5) is 5.46. The van der Waals surface area contributed by atoms with E-state index in [2.05, 4.69) is 10.3 Å². The van der Waals surface area contributed by atoms with E-state index in [1.807, 2.05) is 19.2 Å². The highest BCUT2D eigenvalue weighted by molar-refractivity contribution is 7.89. The van der Waals surface area contributed by atoms with E-state index in [0.29, 0.717) is 13.1 Å². The Morgan fingerprint density at radius 3 is 2.79 bits per heavy atom. The molecule has 1 heterocycles. The number of nitrogens with two attached hydrogens (primary N) is 1. The number of thiazole rings is 1.